The molecule has 1 fully saturated rings. The monoisotopic (exact) mass is 316 g/mol. The molecule has 1 aromatic carbocycles. The van der Waals surface area contributed by atoms with Gasteiger partial charge in [0.1, 0.15) is 23.7 Å². The summed E-state index contributed by atoms with van der Waals surface area (Å²) in [6.07, 6.45) is 0.951. The van der Waals surface area contributed by atoms with Crippen LogP contribution in [0, 0.1) is 13.8 Å². The van der Waals surface area contributed by atoms with Gasteiger partial charge in [-0.3, -0.25) is 4.90 Å². The number of benzene rings is 1. The standard InChI is InChI=1S/C18H24N2O3/c1-14-6-4-5-7-17(14)22-13-18(21-3)8-9-20(12-18)11-16-10-15(2)23-19-16/h4-7,10H,8-9,11-13H2,1-3H3/t18-/m0/s1. The van der Waals surface area contributed by atoms with Crippen molar-refractivity contribution in [2.45, 2.75) is 32.4 Å². The number of hydrogen-bond donors (Lipinski definition) is 0. The molecule has 124 valence electrons. The molecule has 2 heterocycles. The second kappa shape index (κ2) is 6.72. The zero-order valence-corrected chi connectivity index (χ0v) is 14.0. The Hall–Kier alpha value is -1.85. The summed E-state index contributed by atoms with van der Waals surface area (Å²) in [6, 6.07) is 10.1. The van der Waals surface area contributed by atoms with E-state index in [1.807, 2.05) is 31.2 Å². The van der Waals surface area contributed by atoms with E-state index in [2.05, 4.69) is 23.0 Å². The first kappa shape index (κ1) is 16.0. The predicted octanol–water partition coefficient (Wildman–Crippen LogP) is 2.96. The average Bonchev–Trinajstić information content (AvgIpc) is 3.14. The van der Waals surface area contributed by atoms with E-state index in [0.717, 1.165) is 48.8 Å². The summed E-state index contributed by atoms with van der Waals surface area (Å²) in [5.74, 6) is 1.77. The average molecular weight is 316 g/mol. The van der Waals surface area contributed by atoms with Gasteiger partial charge in [-0.2, -0.15) is 0 Å². The van der Waals surface area contributed by atoms with Crippen molar-refractivity contribution >= 4 is 0 Å². The quantitative estimate of drug-likeness (QED) is 0.820. The summed E-state index contributed by atoms with van der Waals surface area (Å²) in [5.41, 5.74) is 1.85. The zero-order valence-electron chi connectivity index (χ0n) is 14.0. The summed E-state index contributed by atoms with van der Waals surface area (Å²) in [5, 5.41) is 4.07. The summed E-state index contributed by atoms with van der Waals surface area (Å²) < 4.78 is 17.0. The Balaban J connectivity index is 1.60. The first-order valence-corrected chi connectivity index (χ1v) is 7.98. The second-order valence-electron chi connectivity index (χ2n) is 6.33. The molecule has 1 atom stereocenters. The fourth-order valence-corrected chi connectivity index (χ4v) is 3.06. The largest absolute Gasteiger partial charge is 0.490 e. The lowest BCUT2D eigenvalue weighted by atomic mass is 10.0. The molecular formula is C18H24N2O3. The van der Waals surface area contributed by atoms with Gasteiger partial charge in [0.05, 0.1) is 5.69 Å². The molecule has 1 aliphatic rings. The topological polar surface area (TPSA) is 47.7 Å². The van der Waals surface area contributed by atoms with Crippen molar-refractivity contribution < 1.29 is 14.0 Å². The van der Waals surface area contributed by atoms with Crippen LogP contribution in [0.2, 0.25) is 0 Å². The van der Waals surface area contributed by atoms with Crippen LogP contribution in [0.5, 0.6) is 5.75 Å². The highest BCUT2D eigenvalue weighted by molar-refractivity contribution is 5.31. The molecule has 1 saturated heterocycles. The SMILES string of the molecule is CO[C@@]1(COc2ccccc2C)CCN(Cc2cc(C)on2)C1. The van der Waals surface area contributed by atoms with E-state index < -0.39 is 0 Å². The van der Waals surface area contributed by atoms with Crippen LogP contribution in [0.15, 0.2) is 34.9 Å². The lowest BCUT2D eigenvalue weighted by Crippen LogP contribution is -2.41. The highest BCUT2D eigenvalue weighted by Gasteiger charge is 2.39. The molecule has 1 aliphatic heterocycles. The van der Waals surface area contributed by atoms with Crippen molar-refractivity contribution in [3.8, 4) is 5.75 Å². The van der Waals surface area contributed by atoms with E-state index in [1.165, 1.54) is 0 Å². The van der Waals surface area contributed by atoms with Crippen LogP contribution in [0.4, 0.5) is 0 Å². The van der Waals surface area contributed by atoms with Gasteiger partial charge in [-0.15, -0.1) is 0 Å². The van der Waals surface area contributed by atoms with Crippen molar-refractivity contribution in [1.29, 1.82) is 0 Å². The molecule has 0 bridgehead atoms. The molecule has 23 heavy (non-hydrogen) atoms. The zero-order chi connectivity index (χ0) is 16.3. The number of hydrogen-bond acceptors (Lipinski definition) is 5. The first-order valence-electron chi connectivity index (χ1n) is 7.98. The number of para-hydroxylation sites is 1. The Morgan fingerprint density at radius 1 is 1.30 bits per heavy atom. The van der Waals surface area contributed by atoms with E-state index in [4.69, 9.17) is 14.0 Å². The summed E-state index contributed by atoms with van der Waals surface area (Å²) in [7, 11) is 1.77. The van der Waals surface area contributed by atoms with Crippen LogP contribution in [-0.4, -0.2) is 42.5 Å². The Morgan fingerprint density at radius 3 is 2.83 bits per heavy atom. The maximum Gasteiger partial charge on any atom is 0.133 e. The van der Waals surface area contributed by atoms with E-state index in [-0.39, 0.29) is 5.60 Å². The minimum Gasteiger partial charge on any atom is -0.490 e. The Labute approximate surface area is 137 Å². The highest BCUT2D eigenvalue weighted by Crippen LogP contribution is 2.28. The van der Waals surface area contributed by atoms with Gasteiger partial charge in [0.2, 0.25) is 0 Å². The van der Waals surface area contributed by atoms with Crippen molar-refractivity contribution in [2.75, 3.05) is 26.8 Å². The smallest absolute Gasteiger partial charge is 0.133 e. The third kappa shape index (κ3) is 3.74. The molecule has 1 aromatic heterocycles. The van der Waals surface area contributed by atoms with Crippen LogP contribution in [0.3, 0.4) is 0 Å². The molecule has 0 saturated carbocycles. The Morgan fingerprint density at radius 2 is 2.13 bits per heavy atom. The lowest BCUT2D eigenvalue weighted by Gasteiger charge is -2.28. The van der Waals surface area contributed by atoms with E-state index in [1.54, 1.807) is 7.11 Å². The van der Waals surface area contributed by atoms with Gasteiger partial charge in [0.15, 0.2) is 0 Å². The van der Waals surface area contributed by atoms with Gasteiger partial charge in [0, 0.05) is 32.8 Å². The van der Waals surface area contributed by atoms with E-state index >= 15 is 0 Å². The maximum absolute atomic E-state index is 6.03. The van der Waals surface area contributed by atoms with Crippen LogP contribution in [-0.2, 0) is 11.3 Å². The number of likely N-dealkylation sites (tertiary alicyclic amines) is 1. The van der Waals surface area contributed by atoms with Gasteiger partial charge in [-0.05, 0) is 31.9 Å². The highest BCUT2D eigenvalue weighted by atomic mass is 16.5. The first-order chi connectivity index (χ1) is 11.1. The summed E-state index contributed by atoms with van der Waals surface area (Å²) >= 11 is 0. The molecule has 0 amide bonds. The van der Waals surface area contributed by atoms with E-state index in [9.17, 15) is 0 Å². The van der Waals surface area contributed by atoms with Crippen molar-refractivity contribution in [3.05, 3.63) is 47.3 Å². The van der Waals surface area contributed by atoms with Crippen LogP contribution in [0.1, 0.15) is 23.4 Å². The van der Waals surface area contributed by atoms with Gasteiger partial charge in [-0.25, -0.2) is 0 Å². The fraction of sp³-hybridized carbons (Fsp3) is 0.500. The third-order valence-corrected chi connectivity index (χ3v) is 4.48. The summed E-state index contributed by atoms with van der Waals surface area (Å²) in [4.78, 5) is 2.34. The third-order valence-electron chi connectivity index (χ3n) is 4.48. The number of methoxy groups -OCH3 is 1. The van der Waals surface area contributed by atoms with Crippen LogP contribution in [0.25, 0.3) is 0 Å². The van der Waals surface area contributed by atoms with Crippen molar-refractivity contribution in [2.24, 2.45) is 0 Å². The number of aromatic nitrogens is 1. The van der Waals surface area contributed by atoms with Crippen molar-refractivity contribution in [1.82, 2.24) is 10.1 Å². The molecule has 2 aromatic rings. The minimum absolute atomic E-state index is 0.263. The molecule has 0 radical (unpaired) electrons. The molecule has 0 unspecified atom stereocenters. The molecule has 3 rings (SSSR count). The maximum atomic E-state index is 6.03. The lowest BCUT2D eigenvalue weighted by molar-refractivity contribution is -0.0361. The molecule has 0 spiro atoms. The Kier molecular flexibility index (Phi) is 4.68. The van der Waals surface area contributed by atoms with Crippen LogP contribution >= 0.6 is 0 Å². The number of nitrogens with zero attached hydrogens (tertiary/aromatic N) is 2. The molecule has 0 N–H and O–H groups in total. The number of ether oxygens (including phenoxy) is 2. The normalized spacial score (nSPS) is 21.7. The Bertz CT molecular complexity index is 655. The predicted molar refractivity (Wildman–Crippen MR) is 87.5 cm³/mol. The minimum atomic E-state index is -0.263. The molecule has 5 nitrogen and oxygen atoms in total. The fourth-order valence-electron chi connectivity index (χ4n) is 3.06. The van der Waals surface area contributed by atoms with Crippen molar-refractivity contribution in [3.63, 3.8) is 0 Å². The van der Waals surface area contributed by atoms with Gasteiger partial charge in [0.25, 0.3) is 0 Å². The van der Waals surface area contributed by atoms with Gasteiger partial charge in [-0.1, -0.05) is 23.4 Å². The summed E-state index contributed by atoms with van der Waals surface area (Å²) in [6.45, 7) is 7.12. The van der Waals surface area contributed by atoms with Crippen LogP contribution < -0.4 is 4.74 Å². The molecule has 0 aliphatic carbocycles. The molecular weight excluding hydrogens is 292 g/mol. The van der Waals surface area contributed by atoms with Gasteiger partial charge < -0.3 is 14.0 Å². The number of aryl methyl sites for hydroxylation is 2. The van der Waals surface area contributed by atoms with Gasteiger partial charge >= 0.3 is 0 Å². The van der Waals surface area contributed by atoms with E-state index in [0.29, 0.717) is 6.61 Å². The number of rotatable bonds is 6. The second-order valence-corrected chi connectivity index (χ2v) is 6.33. The molecule has 5 heteroatoms.